The number of nitrogens with one attached hydrogen (secondary N) is 1. The predicted octanol–water partition coefficient (Wildman–Crippen LogP) is 4.20. The van der Waals surface area contributed by atoms with Gasteiger partial charge in [0.05, 0.1) is 20.3 Å². The Morgan fingerprint density at radius 2 is 1.84 bits per heavy atom. The van der Waals surface area contributed by atoms with Crippen molar-refractivity contribution in [1.29, 1.82) is 0 Å². The number of hydrogen-bond donors (Lipinski definition) is 3. The molecule has 0 fully saturated rings. The molecule has 0 aliphatic heterocycles. The highest BCUT2D eigenvalue weighted by atomic mass is 16.5. The second-order valence-electron chi connectivity index (χ2n) is 7.66. The van der Waals surface area contributed by atoms with E-state index >= 15 is 0 Å². The van der Waals surface area contributed by atoms with Crippen LogP contribution in [0.4, 0.5) is 0 Å². The molecular formula is C24H29N5O3. The largest absolute Gasteiger partial charge is 0.493 e. The number of nitrogens with two attached hydrogens (primary N) is 2. The molecule has 32 heavy (non-hydrogen) atoms. The molecule has 0 bridgehead atoms. The zero-order valence-corrected chi connectivity index (χ0v) is 18.6. The van der Waals surface area contributed by atoms with E-state index in [1.54, 1.807) is 14.2 Å². The lowest BCUT2D eigenvalue weighted by Gasteiger charge is -2.10. The number of H-pyrrole nitrogens is 1. The molecule has 0 spiro atoms. The van der Waals surface area contributed by atoms with Gasteiger partial charge in [-0.05, 0) is 67.8 Å². The first-order valence-corrected chi connectivity index (χ1v) is 10.8. The number of ether oxygens (including phenoxy) is 2. The number of fused-ring (bicyclic) bond motifs is 1. The van der Waals surface area contributed by atoms with E-state index in [0.717, 1.165) is 40.6 Å². The van der Waals surface area contributed by atoms with Crippen molar-refractivity contribution in [3.05, 3.63) is 47.9 Å². The topological polar surface area (TPSA) is 125 Å². The minimum Gasteiger partial charge on any atom is -0.493 e. The lowest BCUT2D eigenvalue weighted by atomic mass is 10.0. The molecule has 8 nitrogen and oxygen atoms in total. The van der Waals surface area contributed by atoms with Crippen molar-refractivity contribution in [2.24, 2.45) is 11.5 Å². The number of aryl methyl sites for hydroxylation is 1. The molecule has 0 aliphatic carbocycles. The second kappa shape index (κ2) is 9.42. The Bertz CT molecular complexity index is 1210. The quantitative estimate of drug-likeness (QED) is 0.360. The number of aromatic amines is 1. The molecule has 4 aromatic rings. The second-order valence-corrected chi connectivity index (χ2v) is 7.66. The number of methoxy groups -OCH3 is 2. The molecule has 0 aliphatic rings. The molecule has 0 saturated heterocycles. The molecule has 5 N–H and O–H groups in total. The Morgan fingerprint density at radius 1 is 1.06 bits per heavy atom. The molecule has 2 heterocycles. The fourth-order valence-corrected chi connectivity index (χ4v) is 3.96. The zero-order chi connectivity index (χ0) is 22.7. The Balaban J connectivity index is 1.72. The molecule has 2 aromatic heterocycles. The van der Waals surface area contributed by atoms with Crippen LogP contribution in [-0.2, 0) is 6.42 Å². The van der Waals surface area contributed by atoms with Crippen LogP contribution in [0.15, 0.2) is 40.9 Å². The van der Waals surface area contributed by atoms with Gasteiger partial charge in [-0.3, -0.25) is 0 Å². The summed E-state index contributed by atoms with van der Waals surface area (Å²) in [5.41, 5.74) is 16.9. The standard InChI is InChI=1S/C24H29N5O3/c1-4-16-17-12-15(23-28-24(32-29-23)18(26)6-5-11-25)7-9-19(17)27-22(16)14-8-10-20(30-2)21(13-14)31-3/h7-10,12-13,18,27H,4-6,11,25-26H2,1-3H3. The minimum atomic E-state index is -0.307. The molecule has 168 valence electrons. The van der Waals surface area contributed by atoms with E-state index in [1.165, 1.54) is 5.56 Å². The van der Waals surface area contributed by atoms with E-state index in [1.807, 2.05) is 30.3 Å². The van der Waals surface area contributed by atoms with Crippen LogP contribution in [0.5, 0.6) is 11.5 Å². The summed E-state index contributed by atoms with van der Waals surface area (Å²) in [4.78, 5) is 8.07. The van der Waals surface area contributed by atoms with E-state index in [-0.39, 0.29) is 6.04 Å². The van der Waals surface area contributed by atoms with Gasteiger partial charge in [0.25, 0.3) is 0 Å². The Hall–Kier alpha value is -3.36. The molecular weight excluding hydrogens is 406 g/mol. The van der Waals surface area contributed by atoms with Crippen LogP contribution in [0.3, 0.4) is 0 Å². The summed E-state index contributed by atoms with van der Waals surface area (Å²) in [6.45, 7) is 2.73. The number of rotatable bonds is 9. The van der Waals surface area contributed by atoms with Crippen LogP contribution >= 0.6 is 0 Å². The number of benzene rings is 2. The Labute approximate surface area is 186 Å². The summed E-state index contributed by atoms with van der Waals surface area (Å²) in [7, 11) is 3.27. The van der Waals surface area contributed by atoms with Crippen molar-refractivity contribution >= 4 is 10.9 Å². The van der Waals surface area contributed by atoms with Gasteiger partial charge in [0.2, 0.25) is 11.7 Å². The monoisotopic (exact) mass is 435 g/mol. The molecule has 8 heteroatoms. The van der Waals surface area contributed by atoms with Crippen LogP contribution in [0, 0.1) is 0 Å². The van der Waals surface area contributed by atoms with Crippen LogP contribution < -0.4 is 20.9 Å². The summed E-state index contributed by atoms with van der Waals surface area (Å²) in [6.07, 6.45) is 2.38. The highest BCUT2D eigenvalue weighted by Gasteiger charge is 2.18. The van der Waals surface area contributed by atoms with Crippen LogP contribution in [0.2, 0.25) is 0 Å². The highest BCUT2D eigenvalue weighted by Crippen LogP contribution is 2.37. The van der Waals surface area contributed by atoms with Crippen LogP contribution in [0.1, 0.15) is 37.3 Å². The van der Waals surface area contributed by atoms with Gasteiger partial charge in [-0.1, -0.05) is 12.1 Å². The van der Waals surface area contributed by atoms with Gasteiger partial charge in [-0.15, -0.1) is 0 Å². The van der Waals surface area contributed by atoms with Crippen molar-refractivity contribution in [1.82, 2.24) is 15.1 Å². The van der Waals surface area contributed by atoms with Gasteiger partial charge in [0, 0.05) is 27.7 Å². The SMILES string of the molecule is CCc1c(-c2ccc(OC)c(OC)c2)[nH]c2ccc(-c3noc(C(N)CCCN)n3)cc12. The maximum absolute atomic E-state index is 6.14. The average molecular weight is 436 g/mol. The number of hydrogen-bond acceptors (Lipinski definition) is 7. The van der Waals surface area contributed by atoms with Crippen molar-refractivity contribution in [2.45, 2.75) is 32.2 Å². The van der Waals surface area contributed by atoms with E-state index in [9.17, 15) is 0 Å². The van der Waals surface area contributed by atoms with E-state index in [0.29, 0.717) is 36.2 Å². The normalized spacial score (nSPS) is 12.3. The van der Waals surface area contributed by atoms with Gasteiger partial charge in [0.15, 0.2) is 11.5 Å². The molecule has 2 aromatic carbocycles. The summed E-state index contributed by atoms with van der Waals surface area (Å²) in [5, 5.41) is 5.27. The summed E-state index contributed by atoms with van der Waals surface area (Å²) < 4.78 is 16.3. The fraction of sp³-hybridized carbons (Fsp3) is 0.333. The summed E-state index contributed by atoms with van der Waals surface area (Å²) in [6, 6.07) is 11.7. The van der Waals surface area contributed by atoms with Gasteiger partial charge < -0.3 is 30.4 Å². The first-order chi connectivity index (χ1) is 15.6. The Morgan fingerprint density at radius 3 is 2.56 bits per heavy atom. The van der Waals surface area contributed by atoms with Crippen molar-refractivity contribution < 1.29 is 14.0 Å². The zero-order valence-electron chi connectivity index (χ0n) is 18.6. The fourth-order valence-electron chi connectivity index (χ4n) is 3.96. The van der Waals surface area contributed by atoms with Crippen LogP contribution in [0.25, 0.3) is 33.5 Å². The van der Waals surface area contributed by atoms with Gasteiger partial charge in [-0.2, -0.15) is 4.98 Å². The molecule has 0 amide bonds. The lowest BCUT2D eigenvalue weighted by molar-refractivity contribution is 0.347. The minimum absolute atomic E-state index is 0.307. The summed E-state index contributed by atoms with van der Waals surface area (Å²) >= 11 is 0. The lowest BCUT2D eigenvalue weighted by Crippen LogP contribution is -2.12. The predicted molar refractivity (Wildman–Crippen MR) is 125 cm³/mol. The molecule has 4 rings (SSSR count). The first-order valence-electron chi connectivity index (χ1n) is 10.8. The Kier molecular flexibility index (Phi) is 6.43. The first kappa shape index (κ1) is 21.9. The van der Waals surface area contributed by atoms with Gasteiger partial charge in [-0.25, -0.2) is 0 Å². The smallest absolute Gasteiger partial charge is 0.243 e. The maximum atomic E-state index is 6.14. The van der Waals surface area contributed by atoms with Crippen molar-refractivity contribution in [3.63, 3.8) is 0 Å². The van der Waals surface area contributed by atoms with Gasteiger partial charge in [0.1, 0.15) is 0 Å². The number of nitrogens with zero attached hydrogens (tertiary/aromatic N) is 2. The third-order valence-electron chi connectivity index (χ3n) is 5.67. The van der Waals surface area contributed by atoms with Crippen molar-refractivity contribution in [2.75, 3.05) is 20.8 Å². The number of aromatic nitrogens is 3. The maximum Gasteiger partial charge on any atom is 0.243 e. The molecule has 0 saturated carbocycles. The van der Waals surface area contributed by atoms with E-state index in [4.69, 9.17) is 25.5 Å². The van der Waals surface area contributed by atoms with Gasteiger partial charge >= 0.3 is 0 Å². The highest BCUT2D eigenvalue weighted by molar-refractivity contribution is 5.93. The molecule has 0 radical (unpaired) electrons. The van der Waals surface area contributed by atoms with Crippen molar-refractivity contribution in [3.8, 4) is 34.1 Å². The van der Waals surface area contributed by atoms with Crippen LogP contribution in [-0.4, -0.2) is 35.9 Å². The molecule has 1 atom stereocenters. The molecule has 1 unspecified atom stereocenters. The third-order valence-corrected chi connectivity index (χ3v) is 5.67. The summed E-state index contributed by atoms with van der Waals surface area (Å²) in [5.74, 6) is 2.35. The van der Waals surface area contributed by atoms with E-state index in [2.05, 4.69) is 28.1 Å². The van der Waals surface area contributed by atoms with E-state index < -0.39 is 0 Å². The average Bonchev–Trinajstić information content (AvgIpc) is 3.46. The third kappa shape index (κ3) is 4.06.